The lowest BCUT2D eigenvalue weighted by Gasteiger charge is -2.10. The molecule has 2 heterocycles. The number of H-pyrrole nitrogens is 1. The van der Waals surface area contributed by atoms with E-state index >= 15 is 0 Å². The number of hydrogen-bond donors (Lipinski definition) is 3. The SMILES string of the molecule is CCc1ccc(N)c(CNc2ncnc3[nH]cnc23)c1. The van der Waals surface area contributed by atoms with Gasteiger partial charge in [-0.05, 0) is 23.6 Å². The molecular weight excluding hydrogens is 252 g/mol. The van der Waals surface area contributed by atoms with Gasteiger partial charge in [0.2, 0.25) is 0 Å². The van der Waals surface area contributed by atoms with Crippen LogP contribution < -0.4 is 11.1 Å². The smallest absolute Gasteiger partial charge is 0.162 e. The van der Waals surface area contributed by atoms with Gasteiger partial charge in [0.05, 0.1) is 6.33 Å². The van der Waals surface area contributed by atoms with Crippen molar-refractivity contribution in [2.45, 2.75) is 19.9 Å². The highest BCUT2D eigenvalue weighted by Gasteiger charge is 2.07. The average Bonchev–Trinajstić information content (AvgIpc) is 2.95. The van der Waals surface area contributed by atoms with Crippen molar-refractivity contribution in [3.63, 3.8) is 0 Å². The first-order valence-corrected chi connectivity index (χ1v) is 6.53. The third-order valence-corrected chi connectivity index (χ3v) is 3.28. The summed E-state index contributed by atoms with van der Waals surface area (Å²) in [5, 5.41) is 3.27. The van der Waals surface area contributed by atoms with Gasteiger partial charge < -0.3 is 16.0 Å². The maximum Gasteiger partial charge on any atom is 0.162 e. The van der Waals surface area contributed by atoms with Crippen molar-refractivity contribution in [3.8, 4) is 0 Å². The Bertz CT molecular complexity index is 733. The molecule has 0 atom stereocenters. The molecule has 0 fully saturated rings. The van der Waals surface area contributed by atoms with E-state index < -0.39 is 0 Å². The molecule has 0 radical (unpaired) electrons. The summed E-state index contributed by atoms with van der Waals surface area (Å²) in [5.41, 5.74) is 10.6. The molecule has 0 aliphatic heterocycles. The van der Waals surface area contributed by atoms with Gasteiger partial charge in [0.1, 0.15) is 11.8 Å². The van der Waals surface area contributed by atoms with Crippen molar-refractivity contribution in [2.75, 3.05) is 11.1 Å². The number of aryl methyl sites for hydroxylation is 1. The summed E-state index contributed by atoms with van der Waals surface area (Å²) < 4.78 is 0. The number of rotatable bonds is 4. The lowest BCUT2D eigenvalue weighted by atomic mass is 10.1. The van der Waals surface area contributed by atoms with Gasteiger partial charge in [0, 0.05) is 12.2 Å². The summed E-state index contributed by atoms with van der Waals surface area (Å²) in [6, 6.07) is 6.11. The Morgan fingerprint density at radius 1 is 1.25 bits per heavy atom. The van der Waals surface area contributed by atoms with Crippen LogP contribution in [0.4, 0.5) is 11.5 Å². The van der Waals surface area contributed by atoms with Gasteiger partial charge in [0.25, 0.3) is 0 Å². The van der Waals surface area contributed by atoms with Crippen LogP contribution in [-0.2, 0) is 13.0 Å². The number of nitrogens with one attached hydrogen (secondary N) is 2. The molecule has 2 aromatic heterocycles. The van der Waals surface area contributed by atoms with E-state index in [1.165, 1.54) is 11.9 Å². The molecule has 0 unspecified atom stereocenters. The average molecular weight is 268 g/mol. The third kappa shape index (κ3) is 2.27. The number of hydrogen-bond acceptors (Lipinski definition) is 5. The lowest BCUT2D eigenvalue weighted by molar-refractivity contribution is 1.07. The first-order valence-electron chi connectivity index (χ1n) is 6.53. The molecular formula is C14H16N6. The van der Waals surface area contributed by atoms with Gasteiger partial charge >= 0.3 is 0 Å². The number of anilines is 2. The van der Waals surface area contributed by atoms with Crippen LogP contribution in [0.25, 0.3) is 11.2 Å². The van der Waals surface area contributed by atoms with Crippen molar-refractivity contribution in [1.82, 2.24) is 19.9 Å². The molecule has 20 heavy (non-hydrogen) atoms. The van der Waals surface area contributed by atoms with E-state index in [2.05, 4.69) is 44.3 Å². The van der Waals surface area contributed by atoms with E-state index in [4.69, 9.17) is 5.73 Å². The number of fused-ring (bicyclic) bond motifs is 1. The van der Waals surface area contributed by atoms with Gasteiger partial charge in [-0.2, -0.15) is 0 Å². The molecule has 6 nitrogen and oxygen atoms in total. The second-order valence-electron chi connectivity index (χ2n) is 4.56. The minimum Gasteiger partial charge on any atom is -0.398 e. The van der Waals surface area contributed by atoms with Crippen molar-refractivity contribution < 1.29 is 0 Å². The fourth-order valence-electron chi connectivity index (χ4n) is 2.11. The van der Waals surface area contributed by atoms with Crippen LogP contribution in [0.1, 0.15) is 18.1 Å². The quantitative estimate of drug-likeness (QED) is 0.630. The Morgan fingerprint density at radius 3 is 3.00 bits per heavy atom. The molecule has 4 N–H and O–H groups in total. The molecule has 0 saturated heterocycles. The molecule has 0 amide bonds. The Balaban J connectivity index is 1.84. The monoisotopic (exact) mass is 268 g/mol. The van der Waals surface area contributed by atoms with Crippen LogP contribution in [0.15, 0.2) is 30.9 Å². The van der Waals surface area contributed by atoms with E-state index in [1.807, 2.05) is 6.07 Å². The molecule has 102 valence electrons. The summed E-state index contributed by atoms with van der Waals surface area (Å²) >= 11 is 0. The molecule has 6 heteroatoms. The zero-order valence-corrected chi connectivity index (χ0v) is 11.2. The molecule has 1 aromatic carbocycles. The highest BCUT2D eigenvalue weighted by molar-refractivity contribution is 5.81. The lowest BCUT2D eigenvalue weighted by Crippen LogP contribution is -2.05. The van der Waals surface area contributed by atoms with Crippen molar-refractivity contribution in [1.29, 1.82) is 0 Å². The van der Waals surface area contributed by atoms with Crippen molar-refractivity contribution in [3.05, 3.63) is 42.0 Å². The van der Waals surface area contributed by atoms with Gasteiger partial charge in [0.15, 0.2) is 11.5 Å². The Hall–Kier alpha value is -2.63. The Kier molecular flexibility index (Phi) is 3.20. The summed E-state index contributed by atoms with van der Waals surface area (Å²) in [4.78, 5) is 15.5. The van der Waals surface area contributed by atoms with Crippen molar-refractivity contribution >= 4 is 22.7 Å². The maximum atomic E-state index is 6.01. The predicted octanol–water partition coefficient (Wildman–Crippen LogP) is 2.11. The van der Waals surface area contributed by atoms with E-state index in [0.29, 0.717) is 12.4 Å². The zero-order chi connectivity index (χ0) is 13.9. The minimum atomic E-state index is 0.610. The molecule has 0 aliphatic carbocycles. The topological polar surface area (TPSA) is 92.5 Å². The summed E-state index contributed by atoms with van der Waals surface area (Å²) in [6.45, 7) is 2.74. The van der Waals surface area contributed by atoms with Crippen LogP contribution in [0.5, 0.6) is 0 Å². The van der Waals surface area contributed by atoms with Crippen LogP contribution in [-0.4, -0.2) is 19.9 Å². The van der Waals surface area contributed by atoms with E-state index in [-0.39, 0.29) is 0 Å². The van der Waals surface area contributed by atoms with E-state index in [0.717, 1.165) is 28.8 Å². The van der Waals surface area contributed by atoms with E-state index in [9.17, 15) is 0 Å². The molecule has 3 rings (SSSR count). The maximum absolute atomic E-state index is 6.01. The first-order chi connectivity index (χ1) is 9.78. The Labute approximate surface area is 116 Å². The summed E-state index contributed by atoms with van der Waals surface area (Å²) in [7, 11) is 0. The molecule has 0 bridgehead atoms. The van der Waals surface area contributed by atoms with Crippen LogP contribution in [0.3, 0.4) is 0 Å². The van der Waals surface area contributed by atoms with Gasteiger partial charge in [-0.1, -0.05) is 19.1 Å². The molecule has 0 aliphatic rings. The van der Waals surface area contributed by atoms with Crippen molar-refractivity contribution in [2.24, 2.45) is 0 Å². The Morgan fingerprint density at radius 2 is 2.15 bits per heavy atom. The second-order valence-corrected chi connectivity index (χ2v) is 4.56. The summed E-state index contributed by atoms with van der Waals surface area (Å²) in [5.74, 6) is 0.706. The van der Waals surface area contributed by atoms with E-state index in [1.54, 1.807) is 6.33 Å². The van der Waals surface area contributed by atoms with Crippen LogP contribution in [0, 0.1) is 0 Å². The highest BCUT2D eigenvalue weighted by atomic mass is 15.1. The van der Waals surface area contributed by atoms with Gasteiger partial charge in [-0.3, -0.25) is 0 Å². The second kappa shape index (κ2) is 5.16. The standard InChI is InChI=1S/C14H16N6/c1-2-9-3-4-11(15)10(5-9)6-16-13-12-14(18-7-17-12)20-8-19-13/h3-5,7-8H,2,6,15H2,1H3,(H2,16,17,18,19,20). The number of nitrogen functional groups attached to an aromatic ring is 1. The van der Waals surface area contributed by atoms with Crippen LogP contribution in [0.2, 0.25) is 0 Å². The predicted molar refractivity (Wildman–Crippen MR) is 79.2 cm³/mol. The number of nitrogens with two attached hydrogens (primary N) is 1. The van der Waals surface area contributed by atoms with Gasteiger partial charge in [-0.25, -0.2) is 15.0 Å². The van der Waals surface area contributed by atoms with Gasteiger partial charge in [-0.15, -0.1) is 0 Å². The first kappa shape index (κ1) is 12.4. The molecule has 3 aromatic rings. The zero-order valence-electron chi connectivity index (χ0n) is 11.2. The van der Waals surface area contributed by atoms with Crippen LogP contribution >= 0.6 is 0 Å². The number of aromatic nitrogens is 4. The minimum absolute atomic E-state index is 0.610. The highest BCUT2D eigenvalue weighted by Crippen LogP contribution is 2.19. The number of imidazole rings is 1. The third-order valence-electron chi connectivity index (χ3n) is 3.28. The number of aromatic amines is 1. The largest absolute Gasteiger partial charge is 0.398 e. The fraction of sp³-hybridized carbons (Fsp3) is 0.214. The summed E-state index contributed by atoms with van der Waals surface area (Å²) in [6.07, 6.45) is 4.11. The fourth-order valence-corrected chi connectivity index (χ4v) is 2.11. The normalized spacial score (nSPS) is 10.8. The number of benzene rings is 1. The molecule has 0 saturated carbocycles. The number of nitrogens with zero attached hydrogens (tertiary/aromatic N) is 3. The molecule has 0 spiro atoms.